The first-order valence-corrected chi connectivity index (χ1v) is 13.2. The lowest BCUT2D eigenvalue weighted by atomic mass is 10.0. The third kappa shape index (κ3) is 4.82. The molecule has 0 unspecified atom stereocenters. The van der Waals surface area contributed by atoms with Gasteiger partial charge in [-0.3, -0.25) is 9.69 Å². The van der Waals surface area contributed by atoms with E-state index in [1.54, 1.807) is 18.2 Å². The third-order valence-electron chi connectivity index (χ3n) is 6.83. The van der Waals surface area contributed by atoms with Gasteiger partial charge in [0, 0.05) is 59.0 Å². The van der Waals surface area contributed by atoms with E-state index in [1.165, 1.54) is 0 Å². The Morgan fingerprint density at radius 3 is 2.70 bits per heavy atom. The summed E-state index contributed by atoms with van der Waals surface area (Å²) in [6, 6.07) is 14.9. The van der Waals surface area contributed by atoms with Crippen molar-refractivity contribution < 1.29 is 24.1 Å². The summed E-state index contributed by atoms with van der Waals surface area (Å²) in [7, 11) is 0. The van der Waals surface area contributed by atoms with Crippen molar-refractivity contribution in [1.29, 1.82) is 0 Å². The van der Waals surface area contributed by atoms with Crippen LogP contribution in [0.5, 0.6) is 17.2 Å². The number of allylic oxidation sites excluding steroid dienone is 1. The van der Waals surface area contributed by atoms with Gasteiger partial charge < -0.3 is 24.2 Å². The summed E-state index contributed by atoms with van der Waals surface area (Å²) in [5, 5.41) is 11.4. The van der Waals surface area contributed by atoms with Gasteiger partial charge in [0.1, 0.15) is 17.2 Å². The van der Waals surface area contributed by atoms with E-state index in [1.807, 2.05) is 30.3 Å². The molecule has 3 aliphatic rings. The predicted molar refractivity (Wildman–Crippen MR) is 144 cm³/mol. The molecule has 7 nitrogen and oxygen atoms in total. The predicted octanol–water partition coefficient (Wildman–Crippen LogP) is 5.61. The van der Waals surface area contributed by atoms with Crippen LogP contribution in [0, 0.1) is 0 Å². The molecular formula is C28H24BrClN2O5. The van der Waals surface area contributed by atoms with E-state index in [9.17, 15) is 9.90 Å². The Bertz CT molecular complexity index is 1420. The summed E-state index contributed by atoms with van der Waals surface area (Å²) in [5.41, 5.74) is 3.79. The minimum absolute atomic E-state index is 0.116. The van der Waals surface area contributed by atoms with Crippen LogP contribution in [0.3, 0.4) is 0 Å². The van der Waals surface area contributed by atoms with Crippen LogP contribution in [0.15, 0.2) is 58.8 Å². The zero-order valence-electron chi connectivity index (χ0n) is 19.9. The van der Waals surface area contributed by atoms with Gasteiger partial charge in [0.05, 0.1) is 17.7 Å². The van der Waals surface area contributed by atoms with Crippen molar-refractivity contribution >= 4 is 45.1 Å². The number of ketones is 1. The van der Waals surface area contributed by atoms with E-state index >= 15 is 0 Å². The first kappa shape index (κ1) is 24.3. The number of rotatable bonds is 4. The maximum Gasteiger partial charge on any atom is 0.231 e. The highest BCUT2D eigenvalue weighted by Gasteiger charge is 2.33. The molecular weight excluding hydrogens is 560 g/mol. The molecule has 0 bridgehead atoms. The van der Waals surface area contributed by atoms with E-state index in [0.717, 1.165) is 52.5 Å². The molecule has 0 aliphatic carbocycles. The monoisotopic (exact) mass is 582 g/mol. The van der Waals surface area contributed by atoms with Crippen LogP contribution in [0.4, 0.5) is 5.69 Å². The number of anilines is 1. The van der Waals surface area contributed by atoms with E-state index in [4.69, 9.17) is 25.8 Å². The second-order valence-corrected chi connectivity index (χ2v) is 10.6. The van der Waals surface area contributed by atoms with Crippen LogP contribution in [-0.2, 0) is 17.9 Å². The van der Waals surface area contributed by atoms with E-state index in [2.05, 4.69) is 31.8 Å². The Morgan fingerprint density at radius 1 is 1.05 bits per heavy atom. The topological polar surface area (TPSA) is 71.5 Å². The maximum absolute atomic E-state index is 13.3. The molecule has 3 aliphatic heterocycles. The summed E-state index contributed by atoms with van der Waals surface area (Å²) in [4.78, 5) is 17.8. The number of aromatic hydroxyl groups is 1. The van der Waals surface area contributed by atoms with E-state index < -0.39 is 0 Å². The molecule has 1 saturated heterocycles. The average molecular weight is 584 g/mol. The zero-order chi connectivity index (χ0) is 25.5. The van der Waals surface area contributed by atoms with Crippen molar-refractivity contribution in [2.24, 2.45) is 0 Å². The van der Waals surface area contributed by atoms with Gasteiger partial charge in [-0.15, -0.1) is 0 Å². The number of ether oxygens (including phenoxy) is 3. The van der Waals surface area contributed by atoms with Crippen molar-refractivity contribution in [3.63, 3.8) is 0 Å². The molecule has 0 saturated carbocycles. The van der Waals surface area contributed by atoms with E-state index in [-0.39, 0.29) is 24.1 Å². The number of nitrogens with zero attached hydrogens (tertiary/aromatic N) is 2. The lowest BCUT2D eigenvalue weighted by molar-refractivity contribution is -0.0165. The standard InChI is InChI=1S/C28H24BrClN2O5/c29-19-10-17(27-18(11-19)15-35-16-36-27)12-25-26(34)22-4-5-24(33)23(28(22)37-25)14-31-6-8-32(9-7-31)21-3-1-2-20(30)13-21/h1-5,10-13,33H,6-9,14-16H2/b25-12-. The second kappa shape index (κ2) is 10.0. The minimum Gasteiger partial charge on any atom is -0.507 e. The molecule has 3 aromatic rings. The molecule has 3 heterocycles. The number of Topliss-reactive ketones (excluding diaryl/α,β-unsaturated/α-hetero) is 1. The van der Waals surface area contributed by atoms with Gasteiger partial charge in [0.25, 0.3) is 0 Å². The molecule has 190 valence electrons. The van der Waals surface area contributed by atoms with Crippen LogP contribution in [0.1, 0.15) is 27.0 Å². The molecule has 0 radical (unpaired) electrons. The Kier molecular flexibility index (Phi) is 6.58. The van der Waals surface area contributed by atoms with Gasteiger partial charge in [-0.2, -0.15) is 0 Å². The van der Waals surface area contributed by atoms with Gasteiger partial charge >= 0.3 is 0 Å². The number of halogens is 2. The molecule has 37 heavy (non-hydrogen) atoms. The van der Waals surface area contributed by atoms with Crippen LogP contribution in [0.2, 0.25) is 5.02 Å². The maximum atomic E-state index is 13.3. The van der Waals surface area contributed by atoms with Crippen LogP contribution in [-0.4, -0.2) is 48.8 Å². The molecule has 3 aromatic carbocycles. The highest BCUT2D eigenvalue weighted by Crippen LogP contribution is 2.41. The van der Waals surface area contributed by atoms with Crippen molar-refractivity contribution in [2.75, 3.05) is 37.9 Å². The molecule has 0 amide bonds. The molecule has 6 rings (SSSR count). The highest BCUT2D eigenvalue weighted by atomic mass is 79.9. The lowest BCUT2D eigenvalue weighted by Crippen LogP contribution is -2.46. The number of fused-ring (bicyclic) bond motifs is 2. The number of benzene rings is 3. The summed E-state index contributed by atoms with van der Waals surface area (Å²) >= 11 is 9.68. The van der Waals surface area contributed by atoms with Crippen LogP contribution < -0.4 is 14.4 Å². The Balaban J connectivity index is 1.23. The van der Waals surface area contributed by atoms with Crippen molar-refractivity contribution in [2.45, 2.75) is 13.2 Å². The smallest absolute Gasteiger partial charge is 0.231 e. The SMILES string of the molecule is O=C1/C(=C/c2cc(Br)cc3c2OCOC3)Oc2c1ccc(O)c2CN1CCN(c2cccc(Cl)c2)CC1. The number of carbonyl (C=O) groups is 1. The van der Waals surface area contributed by atoms with Crippen molar-refractivity contribution in [3.8, 4) is 17.2 Å². The lowest BCUT2D eigenvalue weighted by Gasteiger charge is -2.36. The molecule has 0 atom stereocenters. The van der Waals surface area contributed by atoms with Crippen molar-refractivity contribution in [3.05, 3.63) is 86.0 Å². The number of piperazine rings is 1. The Hall–Kier alpha value is -3.04. The summed E-state index contributed by atoms with van der Waals surface area (Å²) in [6.07, 6.45) is 1.70. The first-order valence-electron chi connectivity index (χ1n) is 12.0. The van der Waals surface area contributed by atoms with Crippen LogP contribution in [0.25, 0.3) is 6.08 Å². The molecule has 1 fully saturated rings. The molecule has 0 aromatic heterocycles. The summed E-state index contributed by atoms with van der Waals surface area (Å²) < 4.78 is 18.1. The van der Waals surface area contributed by atoms with E-state index in [0.29, 0.717) is 35.8 Å². The number of phenolic OH excluding ortho intramolecular Hbond substituents is 1. The number of hydrogen-bond acceptors (Lipinski definition) is 7. The van der Waals surface area contributed by atoms with Gasteiger partial charge in [-0.05, 0) is 48.5 Å². The van der Waals surface area contributed by atoms with Crippen LogP contribution >= 0.6 is 27.5 Å². The van der Waals surface area contributed by atoms with Crippen molar-refractivity contribution in [1.82, 2.24) is 4.90 Å². The Labute approximate surface area is 227 Å². The van der Waals surface area contributed by atoms with Gasteiger partial charge in [-0.25, -0.2) is 0 Å². The summed E-state index contributed by atoms with van der Waals surface area (Å²) in [6.45, 7) is 4.33. The molecule has 1 N–H and O–H groups in total. The molecule has 0 spiro atoms. The third-order valence-corrected chi connectivity index (χ3v) is 7.53. The van der Waals surface area contributed by atoms with Gasteiger partial charge in [0.15, 0.2) is 12.6 Å². The fraction of sp³-hybridized carbons (Fsp3) is 0.250. The minimum atomic E-state index is -0.220. The second-order valence-electron chi connectivity index (χ2n) is 9.22. The summed E-state index contributed by atoms with van der Waals surface area (Å²) in [5.74, 6) is 1.19. The fourth-order valence-electron chi connectivity index (χ4n) is 4.97. The zero-order valence-corrected chi connectivity index (χ0v) is 22.2. The number of carbonyl (C=O) groups excluding carboxylic acids is 1. The average Bonchev–Trinajstić information content (AvgIpc) is 3.21. The largest absolute Gasteiger partial charge is 0.507 e. The number of hydrogen-bond donors (Lipinski definition) is 1. The first-order chi connectivity index (χ1) is 18.0. The van der Waals surface area contributed by atoms with Gasteiger partial charge in [0.2, 0.25) is 5.78 Å². The fourth-order valence-corrected chi connectivity index (χ4v) is 5.67. The molecule has 9 heteroatoms. The highest BCUT2D eigenvalue weighted by molar-refractivity contribution is 9.10. The quantitative estimate of drug-likeness (QED) is 0.400. The number of phenols is 1. The normalized spacial score (nSPS) is 18.4. The van der Waals surface area contributed by atoms with Gasteiger partial charge in [-0.1, -0.05) is 33.6 Å². The Morgan fingerprint density at radius 2 is 1.89 bits per heavy atom.